The van der Waals surface area contributed by atoms with Crippen molar-refractivity contribution in [2.75, 3.05) is 13.2 Å². The number of fused-ring (bicyclic) bond motifs is 1. The van der Waals surface area contributed by atoms with E-state index >= 15 is 0 Å². The molecule has 3 fully saturated rings. The first-order valence-corrected chi connectivity index (χ1v) is 12.7. The van der Waals surface area contributed by atoms with E-state index in [1.807, 2.05) is 60.7 Å². The topological polar surface area (TPSA) is 107 Å². The van der Waals surface area contributed by atoms with Gasteiger partial charge in [0.2, 0.25) is 11.8 Å². The minimum Gasteiger partial charge on any atom is -0.481 e. The maximum Gasteiger partial charge on any atom is 0.310 e. The molecule has 5 rings (SSSR count). The lowest BCUT2D eigenvalue weighted by Crippen LogP contribution is -2.59. The molecule has 8 heteroatoms. The number of nitrogens with zero attached hydrogens (tertiary/aromatic N) is 2. The molecule has 3 saturated heterocycles. The molecular weight excluding hydrogens is 472 g/mol. The number of amides is 2. The Morgan fingerprint density at radius 3 is 2.38 bits per heavy atom. The fourth-order valence-corrected chi connectivity index (χ4v) is 6.55. The highest BCUT2D eigenvalue weighted by Gasteiger charge is 2.75. The summed E-state index contributed by atoms with van der Waals surface area (Å²) in [6.45, 7) is 4.01. The van der Waals surface area contributed by atoms with Gasteiger partial charge in [-0.15, -0.1) is 6.58 Å². The molecule has 3 aliphatic heterocycles. The van der Waals surface area contributed by atoms with E-state index in [9.17, 15) is 24.6 Å². The number of aliphatic hydroxyl groups excluding tert-OH is 1. The summed E-state index contributed by atoms with van der Waals surface area (Å²) in [6.07, 6.45) is 2.25. The van der Waals surface area contributed by atoms with Crippen molar-refractivity contribution in [3.8, 4) is 0 Å². The van der Waals surface area contributed by atoms with Crippen molar-refractivity contribution >= 4 is 17.8 Å². The first-order valence-electron chi connectivity index (χ1n) is 12.7. The zero-order valence-electron chi connectivity index (χ0n) is 20.6. The maximum atomic E-state index is 14.3. The summed E-state index contributed by atoms with van der Waals surface area (Å²) in [4.78, 5) is 43.7. The monoisotopic (exact) mass is 504 g/mol. The third-order valence-electron chi connectivity index (χ3n) is 8.05. The molecule has 2 aromatic carbocycles. The molecule has 2 N–H and O–H groups in total. The van der Waals surface area contributed by atoms with Gasteiger partial charge in [0, 0.05) is 13.1 Å². The quantitative estimate of drug-likeness (QED) is 0.481. The maximum absolute atomic E-state index is 14.3. The number of benzene rings is 2. The van der Waals surface area contributed by atoms with Crippen LogP contribution in [0.3, 0.4) is 0 Å². The van der Waals surface area contributed by atoms with Gasteiger partial charge in [0.25, 0.3) is 0 Å². The van der Waals surface area contributed by atoms with Crippen LogP contribution in [0.1, 0.15) is 24.0 Å². The van der Waals surface area contributed by atoms with Crippen molar-refractivity contribution in [1.29, 1.82) is 0 Å². The second kappa shape index (κ2) is 10.1. The van der Waals surface area contributed by atoms with Gasteiger partial charge < -0.3 is 24.7 Å². The Hall–Kier alpha value is -3.49. The fourth-order valence-electron chi connectivity index (χ4n) is 6.55. The largest absolute Gasteiger partial charge is 0.481 e. The van der Waals surface area contributed by atoms with E-state index in [4.69, 9.17) is 4.74 Å². The first-order chi connectivity index (χ1) is 17.9. The Labute approximate surface area is 216 Å². The van der Waals surface area contributed by atoms with E-state index in [1.165, 1.54) is 4.90 Å². The van der Waals surface area contributed by atoms with Crippen LogP contribution >= 0.6 is 0 Å². The number of aliphatic carboxylic acids is 1. The summed E-state index contributed by atoms with van der Waals surface area (Å²) in [5, 5.41) is 20.5. The zero-order valence-corrected chi connectivity index (χ0v) is 20.6. The van der Waals surface area contributed by atoms with Gasteiger partial charge in [0.05, 0.1) is 30.6 Å². The Kier molecular flexibility index (Phi) is 6.88. The third kappa shape index (κ3) is 4.24. The number of likely N-dealkylation sites (tertiary alicyclic amines) is 1. The molecule has 2 amide bonds. The summed E-state index contributed by atoms with van der Waals surface area (Å²) in [5.74, 6) is -3.82. The molecule has 2 aromatic rings. The standard InChI is InChI=1S/C29H32N2O6/c1-2-15-30(17-20-11-7-4-8-12-20)27(34)25-29-14-13-22(37-29)23(28(35)36)24(29)26(33)31(25)21(18-32)16-19-9-5-3-6-10-19/h2-12,21-25,32H,1,13-18H2,(H,35,36)/t21-,22+,23-,24+,25?,29?/m1/s1. The van der Waals surface area contributed by atoms with Crippen LogP contribution in [0.15, 0.2) is 73.3 Å². The van der Waals surface area contributed by atoms with E-state index in [0.717, 1.165) is 11.1 Å². The minimum absolute atomic E-state index is 0.251. The van der Waals surface area contributed by atoms with Crippen molar-refractivity contribution < 1.29 is 29.3 Å². The molecule has 2 bridgehead atoms. The zero-order chi connectivity index (χ0) is 26.2. The van der Waals surface area contributed by atoms with E-state index in [-0.39, 0.29) is 19.1 Å². The van der Waals surface area contributed by atoms with Crippen LogP contribution in [0.2, 0.25) is 0 Å². The van der Waals surface area contributed by atoms with Gasteiger partial charge in [-0.3, -0.25) is 14.4 Å². The number of aliphatic hydroxyl groups is 1. The fraction of sp³-hybridized carbons (Fsp3) is 0.414. The number of hydrogen-bond acceptors (Lipinski definition) is 5. The van der Waals surface area contributed by atoms with E-state index in [0.29, 0.717) is 25.8 Å². The number of carboxylic acids is 1. The molecule has 2 unspecified atom stereocenters. The highest BCUT2D eigenvalue weighted by Crippen LogP contribution is 2.59. The molecule has 6 atom stereocenters. The second-order valence-electron chi connectivity index (χ2n) is 10.2. The second-order valence-corrected chi connectivity index (χ2v) is 10.2. The van der Waals surface area contributed by atoms with Crippen LogP contribution < -0.4 is 0 Å². The predicted molar refractivity (Wildman–Crippen MR) is 135 cm³/mol. The summed E-state index contributed by atoms with van der Waals surface area (Å²) in [6, 6.07) is 17.2. The van der Waals surface area contributed by atoms with Crippen molar-refractivity contribution in [1.82, 2.24) is 9.80 Å². The highest BCUT2D eigenvalue weighted by atomic mass is 16.5. The predicted octanol–water partition coefficient (Wildman–Crippen LogP) is 2.26. The third-order valence-corrected chi connectivity index (χ3v) is 8.05. The van der Waals surface area contributed by atoms with Crippen molar-refractivity contribution in [3.63, 3.8) is 0 Å². The van der Waals surface area contributed by atoms with Gasteiger partial charge in [-0.2, -0.15) is 0 Å². The van der Waals surface area contributed by atoms with Crippen LogP contribution in [-0.4, -0.2) is 74.7 Å². The smallest absolute Gasteiger partial charge is 0.310 e. The average Bonchev–Trinajstić information content (AvgIpc) is 3.55. The Morgan fingerprint density at radius 2 is 1.78 bits per heavy atom. The van der Waals surface area contributed by atoms with Crippen molar-refractivity contribution in [3.05, 3.63) is 84.4 Å². The molecule has 1 spiro atoms. The summed E-state index contributed by atoms with van der Waals surface area (Å²) in [5.41, 5.74) is 0.593. The molecule has 3 heterocycles. The molecule has 3 aliphatic rings. The van der Waals surface area contributed by atoms with Crippen LogP contribution in [0.25, 0.3) is 0 Å². The number of hydrogen-bond donors (Lipinski definition) is 2. The molecule has 0 radical (unpaired) electrons. The highest BCUT2D eigenvalue weighted by molar-refractivity contribution is 5.98. The molecule has 37 heavy (non-hydrogen) atoms. The first kappa shape index (κ1) is 25.2. The van der Waals surface area contributed by atoms with Crippen LogP contribution in [-0.2, 0) is 32.1 Å². The molecule has 0 aliphatic carbocycles. The van der Waals surface area contributed by atoms with Crippen molar-refractivity contribution in [2.24, 2.45) is 11.8 Å². The van der Waals surface area contributed by atoms with Crippen LogP contribution in [0.4, 0.5) is 0 Å². The molecule has 0 saturated carbocycles. The Morgan fingerprint density at radius 1 is 1.14 bits per heavy atom. The molecule has 8 nitrogen and oxygen atoms in total. The van der Waals surface area contributed by atoms with Gasteiger partial charge >= 0.3 is 5.97 Å². The van der Waals surface area contributed by atoms with E-state index in [1.54, 1.807) is 11.0 Å². The molecular formula is C29H32N2O6. The van der Waals surface area contributed by atoms with E-state index in [2.05, 4.69) is 6.58 Å². The summed E-state index contributed by atoms with van der Waals surface area (Å²) < 4.78 is 6.32. The molecule has 0 aromatic heterocycles. The number of carbonyl (C=O) groups excluding carboxylic acids is 2. The van der Waals surface area contributed by atoms with Gasteiger partial charge in [0.15, 0.2) is 0 Å². The van der Waals surface area contributed by atoms with Crippen LogP contribution in [0.5, 0.6) is 0 Å². The van der Waals surface area contributed by atoms with E-state index < -0.39 is 47.5 Å². The van der Waals surface area contributed by atoms with Gasteiger partial charge in [-0.25, -0.2) is 0 Å². The van der Waals surface area contributed by atoms with Crippen molar-refractivity contribution in [2.45, 2.75) is 49.6 Å². The number of carbonyl (C=O) groups is 3. The van der Waals surface area contributed by atoms with Gasteiger partial charge in [0.1, 0.15) is 11.6 Å². The molecule has 194 valence electrons. The minimum atomic E-state index is -1.23. The SMILES string of the molecule is C=CCN(Cc1ccccc1)C(=O)C1N([C@@H](CO)Cc2ccccc2)C(=O)[C@@H]2[C@H](C(=O)O)[C@@H]3CCC12O3. The lowest BCUT2D eigenvalue weighted by atomic mass is 9.70. The Bertz CT molecular complexity index is 1170. The average molecular weight is 505 g/mol. The number of carboxylic acid groups (broad SMARTS) is 1. The number of ether oxygens (including phenoxy) is 1. The normalized spacial score (nSPS) is 28.7. The lowest BCUT2D eigenvalue weighted by Gasteiger charge is -2.39. The Balaban J connectivity index is 1.56. The van der Waals surface area contributed by atoms with Gasteiger partial charge in [-0.05, 0) is 30.4 Å². The number of rotatable bonds is 10. The van der Waals surface area contributed by atoms with Crippen LogP contribution in [0, 0.1) is 11.8 Å². The lowest BCUT2D eigenvalue weighted by molar-refractivity contribution is -0.153. The van der Waals surface area contributed by atoms with Gasteiger partial charge in [-0.1, -0.05) is 66.7 Å². The summed E-state index contributed by atoms with van der Waals surface area (Å²) >= 11 is 0. The summed E-state index contributed by atoms with van der Waals surface area (Å²) in [7, 11) is 0.